The Morgan fingerprint density at radius 2 is 1.83 bits per heavy atom. The minimum atomic E-state index is -0.868. The maximum Gasteiger partial charge on any atom is 0.293 e. The molecule has 1 saturated carbocycles. The number of aldehydes is 1. The second kappa shape index (κ2) is 17.0. The zero-order chi connectivity index (χ0) is 39.3. The van der Waals surface area contributed by atoms with Gasteiger partial charge in [0, 0.05) is 54.7 Å². The molecule has 1 aliphatic rings. The predicted octanol–water partition coefficient (Wildman–Crippen LogP) is 6.66. The van der Waals surface area contributed by atoms with Gasteiger partial charge in [-0.3, -0.25) is 19.4 Å². The molecular formula is C43H54N4O7. The molecule has 54 heavy (non-hydrogen) atoms. The van der Waals surface area contributed by atoms with Crippen LogP contribution in [0.3, 0.4) is 0 Å². The molecule has 2 aromatic heterocycles. The molecule has 4 aromatic rings. The summed E-state index contributed by atoms with van der Waals surface area (Å²) in [7, 11) is 3.32. The van der Waals surface area contributed by atoms with E-state index in [9.17, 15) is 24.3 Å². The van der Waals surface area contributed by atoms with Gasteiger partial charge in [0.25, 0.3) is 6.47 Å². The highest BCUT2D eigenvalue weighted by molar-refractivity contribution is 5.95. The van der Waals surface area contributed by atoms with Crippen molar-refractivity contribution in [2.24, 2.45) is 17.3 Å². The number of hydrogen-bond acceptors (Lipinski definition) is 8. The lowest BCUT2D eigenvalue weighted by molar-refractivity contribution is -0.142. The molecule has 1 aliphatic carbocycles. The van der Waals surface area contributed by atoms with Gasteiger partial charge in [-0.15, -0.1) is 0 Å². The summed E-state index contributed by atoms with van der Waals surface area (Å²) in [5.74, 6) is -0.591. The van der Waals surface area contributed by atoms with E-state index in [1.807, 2.05) is 39.0 Å². The van der Waals surface area contributed by atoms with E-state index >= 15 is 0 Å². The average Bonchev–Trinajstić information content (AvgIpc) is 3.95. The second-order valence-corrected chi connectivity index (χ2v) is 15.6. The molecular weight excluding hydrogens is 684 g/mol. The van der Waals surface area contributed by atoms with E-state index in [4.69, 9.17) is 14.5 Å². The highest BCUT2D eigenvalue weighted by Gasteiger charge is 2.38. The number of rotatable bonds is 18. The number of phenolic OH excluding ortho intramolecular Hbond substituents is 1. The first-order chi connectivity index (χ1) is 25.7. The minimum absolute atomic E-state index is 0.0288. The number of fused-ring (bicyclic) bond motifs is 1. The smallest absolute Gasteiger partial charge is 0.293 e. The Balaban J connectivity index is 1.54. The van der Waals surface area contributed by atoms with Crippen molar-refractivity contribution >= 4 is 35.5 Å². The van der Waals surface area contributed by atoms with Crippen LogP contribution < -0.4 is 5.32 Å². The highest BCUT2D eigenvalue weighted by atomic mass is 16.5. The van der Waals surface area contributed by atoms with Crippen LogP contribution in [0.5, 0.6) is 5.75 Å². The first-order valence-electron chi connectivity index (χ1n) is 18.8. The Morgan fingerprint density at radius 1 is 1.09 bits per heavy atom. The molecule has 3 unspecified atom stereocenters. The number of aromatic hydroxyl groups is 1. The van der Waals surface area contributed by atoms with E-state index in [0.29, 0.717) is 31.3 Å². The van der Waals surface area contributed by atoms with Crippen LogP contribution in [-0.4, -0.2) is 77.0 Å². The van der Waals surface area contributed by atoms with Gasteiger partial charge in [-0.1, -0.05) is 39.8 Å². The molecule has 5 rings (SSSR count). The Bertz CT molecular complexity index is 2000. The summed E-state index contributed by atoms with van der Waals surface area (Å²) in [6.07, 6.45) is 4.61. The lowest BCUT2D eigenvalue weighted by Gasteiger charge is -2.31. The van der Waals surface area contributed by atoms with Crippen LogP contribution in [-0.2, 0) is 48.0 Å². The number of amides is 2. The number of benzene rings is 2. The standard InChI is InChI=1S/C43H54N4O7/c1-9-47-37-15-14-30(21-35(37)36(22-43(5,6)24-54-25-49)40(47)34-11-10-16-44-38(34)27(4)53-8)31-17-28(19-33(50)20-31)18-32(23-48)45-41(51)39(26(2)3)46(7)42(52)29-12-13-29/h10-11,14-17,19-21,23,25-27,29,32,39,50H,9,12-13,18,22,24H2,1-8H3,(H,45,51). The van der Waals surface area contributed by atoms with E-state index < -0.39 is 17.5 Å². The van der Waals surface area contributed by atoms with Crippen molar-refractivity contribution in [3.8, 4) is 28.1 Å². The van der Waals surface area contributed by atoms with Crippen molar-refractivity contribution in [1.29, 1.82) is 0 Å². The summed E-state index contributed by atoms with van der Waals surface area (Å²) >= 11 is 0. The van der Waals surface area contributed by atoms with E-state index in [-0.39, 0.29) is 48.5 Å². The lowest BCUT2D eigenvalue weighted by Crippen LogP contribution is -2.53. The molecule has 0 saturated heterocycles. The molecule has 2 amide bonds. The number of carbonyl (C=O) groups is 4. The topological polar surface area (TPSA) is 140 Å². The number of likely N-dealkylation sites (N-methyl/N-ethyl adjacent to an activating group) is 1. The monoisotopic (exact) mass is 738 g/mol. The molecule has 2 heterocycles. The third-order valence-electron chi connectivity index (χ3n) is 10.4. The van der Waals surface area contributed by atoms with E-state index in [1.54, 1.807) is 32.5 Å². The molecule has 1 fully saturated rings. The quantitative estimate of drug-likeness (QED) is 0.108. The van der Waals surface area contributed by atoms with Gasteiger partial charge in [-0.05, 0) is 104 Å². The second-order valence-electron chi connectivity index (χ2n) is 15.6. The third-order valence-corrected chi connectivity index (χ3v) is 10.4. The largest absolute Gasteiger partial charge is 0.508 e. The van der Waals surface area contributed by atoms with Gasteiger partial charge in [0.05, 0.1) is 30.1 Å². The van der Waals surface area contributed by atoms with Crippen molar-refractivity contribution < 1.29 is 33.8 Å². The Labute approximate surface area is 318 Å². The van der Waals surface area contributed by atoms with Gasteiger partial charge in [0.15, 0.2) is 0 Å². The van der Waals surface area contributed by atoms with Crippen LogP contribution in [0.25, 0.3) is 33.3 Å². The number of methoxy groups -OCH3 is 1. The molecule has 11 nitrogen and oxygen atoms in total. The molecule has 11 heteroatoms. The van der Waals surface area contributed by atoms with Gasteiger partial charge in [0.2, 0.25) is 11.8 Å². The first kappa shape index (κ1) is 40.2. The molecule has 288 valence electrons. The van der Waals surface area contributed by atoms with Gasteiger partial charge < -0.3 is 34.2 Å². The molecule has 0 spiro atoms. The molecule has 0 radical (unpaired) electrons. The number of aromatic nitrogens is 2. The minimum Gasteiger partial charge on any atom is -0.508 e. The number of carbonyl (C=O) groups excluding carboxylic acids is 4. The van der Waals surface area contributed by atoms with Gasteiger partial charge in [0.1, 0.15) is 18.1 Å². The summed E-state index contributed by atoms with van der Waals surface area (Å²) in [4.78, 5) is 56.1. The summed E-state index contributed by atoms with van der Waals surface area (Å²) in [5.41, 5.74) is 6.73. The van der Waals surface area contributed by atoms with Gasteiger partial charge in [-0.2, -0.15) is 0 Å². The molecule has 0 bridgehead atoms. The molecule has 2 aromatic carbocycles. The van der Waals surface area contributed by atoms with Gasteiger partial charge >= 0.3 is 0 Å². The summed E-state index contributed by atoms with van der Waals surface area (Å²) < 4.78 is 13.3. The average molecular weight is 739 g/mol. The van der Waals surface area contributed by atoms with Crippen LogP contribution in [0.4, 0.5) is 0 Å². The number of aryl methyl sites for hydroxylation is 1. The van der Waals surface area contributed by atoms with Crippen molar-refractivity contribution in [2.45, 2.75) is 92.0 Å². The van der Waals surface area contributed by atoms with Crippen molar-refractivity contribution in [1.82, 2.24) is 19.8 Å². The summed E-state index contributed by atoms with van der Waals surface area (Å²) in [6.45, 7) is 13.4. The van der Waals surface area contributed by atoms with E-state index in [0.717, 1.165) is 57.4 Å². The number of nitrogens with one attached hydrogen (secondary N) is 1. The third kappa shape index (κ3) is 8.84. The van der Waals surface area contributed by atoms with Gasteiger partial charge in [-0.25, -0.2) is 0 Å². The Kier molecular flexibility index (Phi) is 12.6. The summed E-state index contributed by atoms with van der Waals surface area (Å²) in [6, 6.07) is 13.8. The van der Waals surface area contributed by atoms with Crippen molar-refractivity contribution in [2.75, 3.05) is 20.8 Å². The Hall–Kier alpha value is -5.03. The number of pyridine rings is 1. The summed E-state index contributed by atoms with van der Waals surface area (Å²) in [5, 5.41) is 14.8. The molecule has 3 atom stereocenters. The van der Waals surface area contributed by atoms with Crippen LogP contribution in [0, 0.1) is 17.3 Å². The zero-order valence-corrected chi connectivity index (χ0v) is 32.7. The Morgan fingerprint density at radius 3 is 2.46 bits per heavy atom. The maximum atomic E-state index is 13.5. The first-order valence-corrected chi connectivity index (χ1v) is 18.8. The number of phenols is 1. The van der Waals surface area contributed by atoms with Crippen LogP contribution in [0.2, 0.25) is 0 Å². The van der Waals surface area contributed by atoms with Crippen LogP contribution in [0.1, 0.15) is 77.3 Å². The van der Waals surface area contributed by atoms with Crippen molar-refractivity contribution in [3.05, 3.63) is 71.5 Å². The highest BCUT2D eigenvalue weighted by Crippen LogP contribution is 2.42. The fourth-order valence-corrected chi connectivity index (χ4v) is 7.56. The lowest BCUT2D eigenvalue weighted by atomic mass is 9.84. The number of nitrogens with zero attached hydrogens (tertiary/aromatic N) is 3. The fourth-order valence-electron chi connectivity index (χ4n) is 7.56. The zero-order valence-electron chi connectivity index (χ0n) is 32.7. The van der Waals surface area contributed by atoms with Crippen LogP contribution >= 0.6 is 0 Å². The van der Waals surface area contributed by atoms with E-state index in [1.165, 1.54) is 4.90 Å². The number of hydrogen-bond donors (Lipinski definition) is 2. The number of ether oxygens (including phenoxy) is 2. The fraction of sp³-hybridized carbons (Fsp3) is 0.465. The SMILES string of the molecule is CCn1c(-c2cccnc2C(C)OC)c(CC(C)(C)COC=O)c2cc(-c3cc(O)cc(CC(C=O)NC(=O)C(C(C)C)N(C)C(=O)C4CC4)c3)ccc21. The maximum absolute atomic E-state index is 13.5. The molecule has 2 N–H and O–H groups in total. The molecule has 0 aliphatic heterocycles. The van der Waals surface area contributed by atoms with Crippen molar-refractivity contribution in [3.63, 3.8) is 0 Å². The van der Waals surface area contributed by atoms with Crippen LogP contribution in [0.15, 0.2) is 54.7 Å². The van der Waals surface area contributed by atoms with E-state index in [2.05, 4.69) is 48.9 Å². The normalized spacial score (nSPS) is 14.8. The predicted molar refractivity (Wildman–Crippen MR) is 209 cm³/mol.